The van der Waals surface area contributed by atoms with Gasteiger partial charge in [0.15, 0.2) is 0 Å². The van der Waals surface area contributed by atoms with E-state index in [4.69, 9.17) is 5.11 Å². The highest BCUT2D eigenvalue weighted by atomic mass is 16.2. The minimum Gasteiger partial charge on any atom is -0.396 e. The van der Waals surface area contributed by atoms with Crippen molar-refractivity contribution in [2.75, 3.05) is 6.61 Å². The summed E-state index contributed by atoms with van der Waals surface area (Å²) in [4.78, 5) is 0. The summed E-state index contributed by atoms with van der Waals surface area (Å²) in [5.74, 6) is 0. The molecule has 10 heavy (non-hydrogen) atoms. The standard InChI is InChI=1S/C5H10O.C4H6/c1-5(2)3-4-6;1-3-4-2/h6H,1,3-4H2,2H3;3-4H,1-2H2. The Balaban J connectivity index is 0. The van der Waals surface area contributed by atoms with E-state index in [0.717, 1.165) is 12.0 Å². The molecule has 0 amide bonds. The van der Waals surface area contributed by atoms with Gasteiger partial charge in [0.05, 0.1) is 0 Å². The highest BCUT2D eigenvalue weighted by Crippen LogP contribution is 1.90. The van der Waals surface area contributed by atoms with Crippen molar-refractivity contribution in [1.29, 1.82) is 0 Å². The number of aliphatic hydroxyl groups is 1. The fourth-order valence-electron chi connectivity index (χ4n) is 0.191. The number of aliphatic hydroxyl groups excluding tert-OH is 1. The van der Waals surface area contributed by atoms with E-state index >= 15 is 0 Å². The molecule has 58 valence electrons. The Morgan fingerprint density at radius 1 is 1.40 bits per heavy atom. The smallest absolute Gasteiger partial charge is 0.0467 e. The van der Waals surface area contributed by atoms with Crippen LogP contribution in [0.15, 0.2) is 37.5 Å². The fraction of sp³-hybridized carbons (Fsp3) is 0.333. The molecule has 0 spiro atoms. The Kier molecular flexibility index (Phi) is 13.2. The van der Waals surface area contributed by atoms with Crippen LogP contribution in [0.3, 0.4) is 0 Å². The second-order valence-corrected chi connectivity index (χ2v) is 1.90. The van der Waals surface area contributed by atoms with Crippen molar-refractivity contribution in [2.45, 2.75) is 13.3 Å². The molecule has 0 heterocycles. The van der Waals surface area contributed by atoms with E-state index in [1.54, 1.807) is 12.2 Å². The van der Waals surface area contributed by atoms with Crippen molar-refractivity contribution in [3.63, 3.8) is 0 Å². The Morgan fingerprint density at radius 2 is 1.80 bits per heavy atom. The van der Waals surface area contributed by atoms with Gasteiger partial charge in [0, 0.05) is 6.61 Å². The van der Waals surface area contributed by atoms with E-state index in [1.165, 1.54) is 0 Å². The SMILES string of the molecule is C=C(C)CCO.C=CC=C. The van der Waals surface area contributed by atoms with Gasteiger partial charge in [-0.3, -0.25) is 0 Å². The van der Waals surface area contributed by atoms with Crippen LogP contribution in [0.2, 0.25) is 0 Å². The lowest BCUT2D eigenvalue weighted by Crippen LogP contribution is -1.79. The summed E-state index contributed by atoms with van der Waals surface area (Å²) in [5, 5.41) is 8.18. The van der Waals surface area contributed by atoms with Crippen LogP contribution < -0.4 is 0 Å². The van der Waals surface area contributed by atoms with Crippen molar-refractivity contribution in [2.24, 2.45) is 0 Å². The molecule has 0 bridgehead atoms. The van der Waals surface area contributed by atoms with Crippen LogP contribution in [0.25, 0.3) is 0 Å². The van der Waals surface area contributed by atoms with E-state index in [2.05, 4.69) is 19.7 Å². The summed E-state index contributed by atoms with van der Waals surface area (Å²) < 4.78 is 0. The molecule has 0 radical (unpaired) electrons. The lowest BCUT2D eigenvalue weighted by atomic mass is 10.3. The summed E-state index contributed by atoms with van der Waals surface area (Å²) in [6, 6.07) is 0. The van der Waals surface area contributed by atoms with E-state index in [1.807, 2.05) is 6.92 Å². The lowest BCUT2D eigenvalue weighted by Gasteiger charge is -1.87. The van der Waals surface area contributed by atoms with E-state index in [0.29, 0.717) is 0 Å². The molecule has 0 aromatic rings. The Labute approximate surface area is 63.4 Å². The minimum atomic E-state index is 0.231. The quantitative estimate of drug-likeness (QED) is 0.471. The van der Waals surface area contributed by atoms with Gasteiger partial charge in [-0.15, -0.1) is 6.58 Å². The monoisotopic (exact) mass is 140 g/mol. The molecule has 0 aromatic heterocycles. The maximum Gasteiger partial charge on any atom is 0.0467 e. The van der Waals surface area contributed by atoms with Gasteiger partial charge in [-0.05, 0) is 13.3 Å². The molecule has 0 saturated carbocycles. The van der Waals surface area contributed by atoms with Crippen LogP contribution in [-0.2, 0) is 0 Å². The summed E-state index contributed by atoms with van der Waals surface area (Å²) in [5.41, 5.74) is 1.04. The van der Waals surface area contributed by atoms with Gasteiger partial charge < -0.3 is 5.11 Å². The zero-order valence-electron chi connectivity index (χ0n) is 6.64. The number of rotatable bonds is 3. The van der Waals surface area contributed by atoms with Crippen LogP contribution in [-0.4, -0.2) is 11.7 Å². The molecule has 0 aliphatic heterocycles. The van der Waals surface area contributed by atoms with E-state index in [-0.39, 0.29) is 6.61 Å². The summed E-state index contributed by atoms with van der Waals surface area (Å²) in [7, 11) is 0. The summed E-state index contributed by atoms with van der Waals surface area (Å²) in [6.45, 7) is 12.4. The van der Waals surface area contributed by atoms with Gasteiger partial charge >= 0.3 is 0 Å². The molecule has 0 unspecified atom stereocenters. The Hall–Kier alpha value is -0.820. The maximum absolute atomic E-state index is 8.18. The topological polar surface area (TPSA) is 20.2 Å². The average Bonchev–Trinajstić information content (AvgIpc) is 1.89. The van der Waals surface area contributed by atoms with E-state index in [9.17, 15) is 0 Å². The molecule has 0 aliphatic carbocycles. The Bertz CT molecular complexity index is 97.3. The molecular formula is C9H16O. The average molecular weight is 140 g/mol. The highest BCUT2D eigenvalue weighted by molar-refractivity contribution is 4.88. The molecular weight excluding hydrogens is 124 g/mol. The third kappa shape index (κ3) is 27.1. The van der Waals surface area contributed by atoms with Crippen LogP contribution in [0.5, 0.6) is 0 Å². The molecule has 0 atom stereocenters. The zero-order chi connectivity index (χ0) is 8.41. The second kappa shape index (κ2) is 11.0. The van der Waals surface area contributed by atoms with Crippen molar-refractivity contribution >= 4 is 0 Å². The molecule has 1 nitrogen and oxygen atoms in total. The fourth-order valence-corrected chi connectivity index (χ4v) is 0.191. The third-order valence-electron chi connectivity index (χ3n) is 0.705. The number of hydrogen-bond acceptors (Lipinski definition) is 1. The number of allylic oxidation sites excluding steroid dienone is 2. The predicted octanol–water partition coefficient (Wildman–Crippen LogP) is 2.30. The van der Waals surface area contributed by atoms with Crippen LogP contribution in [0, 0.1) is 0 Å². The van der Waals surface area contributed by atoms with Gasteiger partial charge in [-0.1, -0.05) is 30.9 Å². The molecule has 1 heteroatoms. The normalized spacial score (nSPS) is 7.00. The maximum atomic E-state index is 8.18. The molecule has 1 N–H and O–H groups in total. The molecule has 0 aliphatic rings. The molecule has 0 aromatic carbocycles. The second-order valence-electron chi connectivity index (χ2n) is 1.90. The summed E-state index contributed by atoms with van der Waals surface area (Å²) >= 11 is 0. The van der Waals surface area contributed by atoms with E-state index < -0.39 is 0 Å². The van der Waals surface area contributed by atoms with Crippen molar-refractivity contribution in [1.82, 2.24) is 0 Å². The van der Waals surface area contributed by atoms with Gasteiger partial charge in [0.1, 0.15) is 0 Å². The van der Waals surface area contributed by atoms with Gasteiger partial charge in [-0.25, -0.2) is 0 Å². The first-order chi connectivity index (χ1) is 4.68. The summed E-state index contributed by atoms with van der Waals surface area (Å²) in [6.07, 6.45) is 4.01. The first kappa shape index (κ1) is 11.9. The van der Waals surface area contributed by atoms with Gasteiger partial charge in [0.25, 0.3) is 0 Å². The molecule has 0 saturated heterocycles. The zero-order valence-corrected chi connectivity index (χ0v) is 6.64. The van der Waals surface area contributed by atoms with Crippen molar-refractivity contribution in [3.8, 4) is 0 Å². The van der Waals surface area contributed by atoms with Gasteiger partial charge in [-0.2, -0.15) is 0 Å². The number of hydrogen-bond donors (Lipinski definition) is 1. The van der Waals surface area contributed by atoms with Crippen LogP contribution >= 0.6 is 0 Å². The van der Waals surface area contributed by atoms with Crippen LogP contribution in [0.1, 0.15) is 13.3 Å². The van der Waals surface area contributed by atoms with Crippen molar-refractivity contribution in [3.05, 3.63) is 37.5 Å². The largest absolute Gasteiger partial charge is 0.396 e. The minimum absolute atomic E-state index is 0.231. The first-order valence-corrected chi connectivity index (χ1v) is 3.17. The van der Waals surface area contributed by atoms with Crippen LogP contribution in [0.4, 0.5) is 0 Å². The van der Waals surface area contributed by atoms with Crippen molar-refractivity contribution < 1.29 is 5.11 Å². The lowest BCUT2D eigenvalue weighted by molar-refractivity contribution is 0.299. The predicted molar refractivity (Wildman–Crippen MR) is 46.9 cm³/mol. The van der Waals surface area contributed by atoms with Gasteiger partial charge in [0.2, 0.25) is 0 Å². The third-order valence-corrected chi connectivity index (χ3v) is 0.705. The first-order valence-electron chi connectivity index (χ1n) is 3.17. The highest BCUT2D eigenvalue weighted by Gasteiger charge is 1.77. The molecule has 0 rings (SSSR count). The Morgan fingerprint density at radius 3 is 1.80 bits per heavy atom. The molecule has 0 fully saturated rings.